The van der Waals surface area contributed by atoms with Gasteiger partial charge in [0.25, 0.3) is 0 Å². The molecule has 3 nitrogen and oxygen atoms in total. The molecule has 0 saturated heterocycles. The molecule has 0 N–H and O–H groups in total. The Bertz CT molecular complexity index is 207. The summed E-state index contributed by atoms with van der Waals surface area (Å²) in [4.78, 5) is 0. The van der Waals surface area contributed by atoms with E-state index in [0.717, 1.165) is 9.66 Å². The molecule has 0 saturated carbocycles. The predicted molar refractivity (Wildman–Crippen MR) is 50.3 cm³/mol. The Morgan fingerprint density at radius 1 is 1.67 bits per heavy atom. The molecule has 5 heteroatoms. The van der Waals surface area contributed by atoms with Crippen molar-refractivity contribution in [3.63, 3.8) is 0 Å². The summed E-state index contributed by atoms with van der Waals surface area (Å²) in [5.41, 5.74) is 0. The van der Waals surface area contributed by atoms with Gasteiger partial charge in [-0.15, -0.1) is 0 Å². The van der Waals surface area contributed by atoms with Crippen LogP contribution in [0.4, 0.5) is 0 Å². The molecule has 0 atom stereocenters. The summed E-state index contributed by atoms with van der Waals surface area (Å²) < 4.78 is 4.99. The molecule has 0 bridgehead atoms. The molecule has 0 aliphatic rings. The van der Waals surface area contributed by atoms with Crippen LogP contribution in [0.25, 0.3) is 0 Å². The molecular weight excluding hydrogens is 344 g/mol. The highest BCUT2D eigenvalue weighted by Gasteiger charge is 2.13. The molecular formula is C4H6I2N3+. The molecule has 0 amide bonds. The molecule has 1 aromatic heterocycles. The molecule has 0 fully saturated rings. The Hall–Kier alpha value is 0.600. The fourth-order valence-electron chi connectivity index (χ4n) is 0.493. The Morgan fingerprint density at radius 2 is 2.22 bits per heavy atom. The largest absolute Gasteiger partial charge is 0.348 e. The minimum atomic E-state index is 1.04. The molecule has 1 aromatic rings. The van der Waals surface area contributed by atoms with Crippen molar-refractivity contribution < 1.29 is 2.90 Å². The van der Waals surface area contributed by atoms with Crippen LogP contribution in [0.1, 0.15) is 5.82 Å². The van der Waals surface area contributed by atoms with E-state index >= 15 is 0 Å². The van der Waals surface area contributed by atoms with Crippen LogP contribution in [-0.4, -0.2) is 9.67 Å². The fraction of sp³-hybridized carbons (Fsp3) is 0.500. The van der Waals surface area contributed by atoms with Gasteiger partial charge in [-0.1, -0.05) is 2.90 Å². The third kappa shape index (κ3) is 1.36. The lowest BCUT2D eigenvalue weighted by molar-refractivity contribution is -0.526. The molecule has 9 heavy (non-hydrogen) atoms. The fourth-order valence-corrected chi connectivity index (χ4v) is 1.59. The maximum Gasteiger partial charge on any atom is 0.348 e. The van der Waals surface area contributed by atoms with Gasteiger partial charge in [0.2, 0.25) is 28.7 Å². The lowest BCUT2D eigenvalue weighted by Crippen LogP contribution is -2.25. The van der Waals surface area contributed by atoms with Crippen molar-refractivity contribution >= 4 is 45.5 Å². The number of halogens is 2. The van der Waals surface area contributed by atoms with E-state index in [0.29, 0.717) is 0 Å². The third-order valence-corrected chi connectivity index (χ3v) is 3.92. The van der Waals surface area contributed by atoms with Crippen molar-refractivity contribution in [3.05, 3.63) is 9.66 Å². The van der Waals surface area contributed by atoms with E-state index in [-0.39, 0.29) is 0 Å². The van der Waals surface area contributed by atoms with Gasteiger partial charge in [0.05, 0.1) is 29.6 Å². The Balaban J connectivity index is 3.29. The standard InChI is InChI=1S/C4H6I2N3/c1-3-7-9(6)4(5)8(3)2/h1-2H3/q+1. The van der Waals surface area contributed by atoms with E-state index in [9.17, 15) is 0 Å². The molecule has 0 aliphatic carbocycles. The number of rotatable bonds is 0. The molecule has 1 rings (SSSR count). The molecule has 0 spiro atoms. The summed E-state index contributed by atoms with van der Waals surface area (Å²) in [7, 11) is 2.00. The average Bonchev–Trinajstić information content (AvgIpc) is 1.98. The number of hydrogen-bond donors (Lipinski definition) is 0. The van der Waals surface area contributed by atoms with Crippen LogP contribution in [0.15, 0.2) is 0 Å². The van der Waals surface area contributed by atoms with Crippen LogP contribution in [-0.2, 0) is 7.05 Å². The Morgan fingerprint density at radius 3 is 2.33 bits per heavy atom. The highest BCUT2D eigenvalue weighted by atomic mass is 127. The van der Waals surface area contributed by atoms with Gasteiger partial charge in [-0.25, -0.2) is 4.57 Å². The first-order chi connectivity index (χ1) is 4.13. The van der Waals surface area contributed by atoms with Gasteiger partial charge in [0, 0.05) is 6.92 Å². The zero-order valence-corrected chi connectivity index (χ0v) is 9.41. The van der Waals surface area contributed by atoms with Crippen LogP contribution in [0.2, 0.25) is 0 Å². The van der Waals surface area contributed by atoms with Crippen molar-refractivity contribution in [1.82, 2.24) is 9.67 Å². The zero-order valence-electron chi connectivity index (χ0n) is 5.10. The first-order valence-electron chi connectivity index (χ1n) is 2.40. The zero-order chi connectivity index (χ0) is 7.02. The Kier molecular flexibility index (Phi) is 2.30. The molecule has 0 radical (unpaired) electrons. The van der Waals surface area contributed by atoms with E-state index < -0.39 is 0 Å². The van der Waals surface area contributed by atoms with Crippen molar-refractivity contribution in [2.75, 3.05) is 0 Å². The van der Waals surface area contributed by atoms with Gasteiger partial charge >= 0.3 is 3.83 Å². The maximum absolute atomic E-state index is 4.17. The van der Waals surface area contributed by atoms with E-state index in [1.807, 2.05) is 21.4 Å². The van der Waals surface area contributed by atoms with Crippen molar-refractivity contribution in [2.45, 2.75) is 6.92 Å². The van der Waals surface area contributed by atoms with E-state index in [2.05, 4.69) is 50.6 Å². The quantitative estimate of drug-likeness (QED) is 0.635. The van der Waals surface area contributed by atoms with Gasteiger partial charge in [-0.05, 0) is 5.10 Å². The summed E-state index contributed by atoms with van der Waals surface area (Å²) in [5, 5.41) is 4.17. The van der Waals surface area contributed by atoms with E-state index in [4.69, 9.17) is 0 Å². The number of nitrogens with zero attached hydrogens (tertiary/aromatic N) is 3. The van der Waals surface area contributed by atoms with Crippen LogP contribution in [0.3, 0.4) is 0 Å². The van der Waals surface area contributed by atoms with Gasteiger partial charge < -0.3 is 0 Å². The minimum absolute atomic E-state index is 1.04. The molecule has 1 heterocycles. The molecule has 50 valence electrons. The first-order valence-corrected chi connectivity index (χ1v) is 4.44. The Labute approximate surface area is 81.1 Å². The minimum Gasteiger partial charge on any atom is -0.207 e. The van der Waals surface area contributed by atoms with Crippen LogP contribution >= 0.6 is 45.5 Å². The third-order valence-electron chi connectivity index (χ3n) is 1.15. The summed E-state index contributed by atoms with van der Waals surface area (Å²) in [6, 6.07) is 0. The van der Waals surface area contributed by atoms with E-state index in [1.165, 1.54) is 0 Å². The van der Waals surface area contributed by atoms with Crippen LogP contribution in [0.5, 0.6) is 0 Å². The lowest BCUT2D eigenvalue weighted by Gasteiger charge is -1.80. The van der Waals surface area contributed by atoms with Gasteiger partial charge in [0.1, 0.15) is 0 Å². The van der Waals surface area contributed by atoms with Crippen molar-refractivity contribution in [1.29, 1.82) is 0 Å². The molecule has 0 aromatic carbocycles. The highest BCUT2D eigenvalue weighted by Crippen LogP contribution is 1.99. The van der Waals surface area contributed by atoms with Crippen LogP contribution in [0, 0.1) is 10.8 Å². The number of aryl methyl sites for hydroxylation is 1. The van der Waals surface area contributed by atoms with Crippen LogP contribution < -0.4 is 2.90 Å². The summed E-state index contributed by atoms with van der Waals surface area (Å²) in [6.07, 6.45) is 0. The maximum atomic E-state index is 4.17. The first kappa shape index (κ1) is 7.70. The topological polar surface area (TPSA) is 21.7 Å². The summed E-state index contributed by atoms with van der Waals surface area (Å²) in [5.74, 6) is 1.04. The predicted octanol–water partition coefficient (Wildman–Crippen LogP) is 0.819. The SMILES string of the molecule is Cc1n[n+](I)c(I)n1C. The summed E-state index contributed by atoms with van der Waals surface area (Å²) >= 11 is 4.39. The van der Waals surface area contributed by atoms with Gasteiger partial charge in [-0.3, -0.25) is 0 Å². The second-order valence-corrected chi connectivity index (χ2v) is 3.61. The lowest BCUT2D eigenvalue weighted by atomic mass is 10.7. The van der Waals surface area contributed by atoms with Crippen molar-refractivity contribution in [2.24, 2.45) is 7.05 Å². The normalized spacial score (nSPS) is 10.2. The molecule has 0 unspecified atom stereocenters. The number of hydrogen-bond acceptors (Lipinski definition) is 1. The van der Waals surface area contributed by atoms with Crippen molar-refractivity contribution in [3.8, 4) is 0 Å². The summed E-state index contributed by atoms with van der Waals surface area (Å²) in [6.45, 7) is 1.98. The highest BCUT2D eigenvalue weighted by molar-refractivity contribution is 14.1. The van der Waals surface area contributed by atoms with Gasteiger partial charge in [0.15, 0.2) is 0 Å². The van der Waals surface area contributed by atoms with Gasteiger partial charge in [-0.2, -0.15) is 0 Å². The molecule has 0 aliphatic heterocycles. The second kappa shape index (κ2) is 2.69. The van der Waals surface area contributed by atoms with E-state index in [1.54, 1.807) is 0 Å². The number of aromatic nitrogens is 3. The monoisotopic (exact) mass is 350 g/mol. The second-order valence-electron chi connectivity index (χ2n) is 1.74. The smallest absolute Gasteiger partial charge is 0.207 e. The average molecular weight is 350 g/mol.